The van der Waals surface area contributed by atoms with Crippen molar-refractivity contribution in [2.24, 2.45) is 0 Å². The van der Waals surface area contributed by atoms with Crippen molar-refractivity contribution >= 4 is 46.6 Å². The number of anilines is 1. The molecule has 4 aromatic rings. The Hall–Kier alpha value is -4.88. The number of halogens is 16. The summed E-state index contributed by atoms with van der Waals surface area (Å²) in [5.74, 6) is -46.4. The van der Waals surface area contributed by atoms with E-state index in [0.29, 0.717) is 18.6 Å². The van der Waals surface area contributed by atoms with Crippen LogP contribution in [0.1, 0.15) is 37.7 Å². The smallest absolute Gasteiger partial charge is 0.458 e. The molecule has 0 N–H and O–H groups in total. The molecule has 1 saturated carbocycles. The zero-order valence-electron chi connectivity index (χ0n) is 25.8. The van der Waals surface area contributed by atoms with Gasteiger partial charge in [0.05, 0.1) is 5.69 Å². The minimum absolute atomic E-state index is 0.129. The maximum atomic E-state index is 16.1. The number of rotatable bonds is 5. The van der Waals surface area contributed by atoms with Gasteiger partial charge in [-0.1, -0.05) is 18.0 Å². The van der Waals surface area contributed by atoms with E-state index in [1.165, 1.54) is 0 Å². The minimum atomic E-state index is -5.93. The van der Waals surface area contributed by atoms with E-state index in [9.17, 15) is 26.7 Å². The molecule has 0 radical (unpaired) electrons. The van der Waals surface area contributed by atoms with Gasteiger partial charge in [-0.2, -0.15) is 4.58 Å². The topological polar surface area (TPSA) is 32.6 Å². The first-order chi connectivity index (χ1) is 24.9. The first-order valence-electron chi connectivity index (χ1n) is 15.0. The second-order valence-corrected chi connectivity index (χ2v) is 12.3. The van der Waals surface area contributed by atoms with Crippen molar-refractivity contribution in [1.82, 2.24) is 0 Å². The zero-order chi connectivity index (χ0) is 39.0. The molecule has 1 heterocycles. The van der Waals surface area contributed by atoms with Gasteiger partial charge in [0.15, 0.2) is 58.2 Å². The summed E-state index contributed by atoms with van der Waals surface area (Å²) in [5, 5.41) is -0.220. The van der Waals surface area contributed by atoms with E-state index < -0.39 is 134 Å². The fourth-order valence-corrected chi connectivity index (χ4v) is 6.76. The lowest BCUT2D eigenvalue weighted by atomic mass is 9.38. The number of hydrogen-bond acceptors (Lipinski definition) is 2. The Morgan fingerprint density at radius 3 is 1.30 bits per heavy atom. The second-order valence-electron chi connectivity index (χ2n) is 11.9. The maximum Gasteiger partial charge on any atom is 0.458 e. The lowest BCUT2D eigenvalue weighted by Gasteiger charge is -2.50. The largest absolute Gasteiger partial charge is 0.640 e. The van der Waals surface area contributed by atoms with Crippen LogP contribution in [-0.2, 0) is 4.65 Å². The van der Waals surface area contributed by atoms with E-state index in [1.807, 2.05) is 0 Å². The molecule has 1 aliphatic heterocycles. The standard InChI is InChI=1S/C32H15BClF15N2O2/c34-10-6-8-12(9-7-10)51-32(52)50(11-4-2-1-3-5-11)31(13-16(35)22(41)28(47)23(42)17(13)36)53-33(51,14-18(37)24(43)29(48)25(44)19(14)38)15-20(39)26(45)30(49)27(46)21(15)40/h6-9,11H,1-5H2. The van der Waals surface area contributed by atoms with Crippen molar-refractivity contribution in [1.29, 1.82) is 0 Å². The van der Waals surface area contributed by atoms with Gasteiger partial charge < -0.3 is 9.47 Å². The molecule has 1 aliphatic carbocycles. The van der Waals surface area contributed by atoms with E-state index in [-0.39, 0.29) is 40.1 Å². The summed E-state index contributed by atoms with van der Waals surface area (Å²) in [6.07, 6.45) is 0.374. The first-order valence-corrected chi connectivity index (χ1v) is 15.4. The molecular weight excluding hydrogens is 776 g/mol. The molecule has 0 saturated heterocycles. The highest BCUT2D eigenvalue weighted by atomic mass is 35.5. The third-order valence-corrected chi connectivity index (χ3v) is 9.27. The summed E-state index contributed by atoms with van der Waals surface area (Å²) in [7, 11) is 0. The van der Waals surface area contributed by atoms with Crippen molar-refractivity contribution in [3.05, 3.63) is 122 Å². The highest BCUT2D eigenvalue weighted by Gasteiger charge is 2.62. The van der Waals surface area contributed by atoms with Gasteiger partial charge in [0, 0.05) is 5.02 Å². The van der Waals surface area contributed by atoms with Gasteiger partial charge >= 0.3 is 12.5 Å². The highest BCUT2D eigenvalue weighted by molar-refractivity contribution is 7.03. The Morgan fingerprint density at radius 1 is 0.547 bits per heavy atom. The first kappa shape index (κ1) is 37.9. The van der Waals surface area contributed by atoms with Gasteiger partial charge in [-0.3, -0.25) is 0 Å². The highest BCUT2D eigenvalue weighted by Crippen LogP contribution is 2.37. The number of carbonyl (C=O) groups excluding carboxylic acids is 1. The van der Waals surface area contributed by atoms with Crippen LogP contribution < -0.4 is 15.7 Å². The normalized spacial score (nSPS) is 16.5. The van der Waals surface area contributed by atoms with Gasteiger partial charge in [-0.25, -0.2) is 70.7 Å². The third-order valence-electron chi connectivity index (χ3n) is 9.02. The van der Waals surface area contributed by atoms with Crippen LogP contribution in [-0.4, -0.2) is 29.0 Å². The molecule has 0 unspecified atom stereocenters. The van der Waals surface area contributed by atoms with Gasteiger partial charge in [-0.05, 0) is 60.9 Å². The average Bonchev–Trinajstić information content (AvgIpc) is 3.14. The molecule has 6 rings (SSSR count). The molecule has 0 aromatic heterocycles. The minimum Gasteiger partial charge on any atom is -0.640 e. The van der Waals surface area contributed by atoms with Crippen LogP contribution in [0, 0.1) is 87.3 Å². The summed E-state index contributed by atoms with van der Waals surface area (Å²) in [5.41, 5.74) is -8.57. The van der Waals surface area contributed by atoms with Crippen molar-refractivity contribution in [3.8, 4) is 0 Å². The predicted octanol–water partition coefficient (Wildman–Crippen LogP) is 8.43. The van der Waals surface area contributed by atoms with Crippen molar-refractivity contribution in [3.63, 3.8) is 0 Å². The molecule has 280 valence electrons. The van der Waals surface area contributed by atoms with Crippen LogP contribution in [0.2, 0.25) is 5.02 Å². The number of nitrogens with zero attached hydrogens (tertiary/aromatic N) is 2. The van der Waals surface area contributed by atoms with E-state index in [0.717, 1.165) is 12.1 Å². The average molecular weight is 791 g/mol. The number of benzene rings is 4. The van der Waals surface area contributed by atoms with E-state index >= 15 is 43.9 Å². The van der Waals surface area contributed by atoms with Gasteiger partial charge in [0.25, 0.3) is 5.90 Å². The van der Waals surface area contributed by atoms with E-state index in [1.54, 1.807) is 0 Å². The molecular formula is C32H15BClF15N2O2. The predicted molar refractivity (Wildman–Crippen MR) is 155 cm³/mol. The van der Waals surface area contributed by atoms with Gasteiger partial charge in [-0.15, -0.1) is 0 Å². The van der Waals surface area contributed by atoms with Gasteiger partial charge in [0.1, 0.15) is 34.9 Å². The molecule has 1 fully saturated rings. The van der Waals surface area contributed by atoms with E-state index in [2.05, 4.69) is 0 Å². The Balaban J connectivity index is 1.94. The summed E-state index contributed by atoms with van der Waals surface area (Å²) >= 11 is 5.89. The Kier molecular flexibility index (Phi) is 9.66. The molecule has 2 aliphatic rings. The number of hydrogen-bond donors (Lipinski definition) is 0. The summed E-state index contributed by atoms with van der Waals surface area (Å²) in [6, 6.07) is -0.414. The van der Waals surface area contributed by atoms with Crippen molar-refractivity contribution in [2.75, 3.05) is 4.81 Å². The van der Waals surface area contributed by atoms with Crippen LogP contribution in [0.5, 0.6) is 0 Å². The van der Waals surface area contributed by atoms with Crippen LogP contribution in [0.15, 0.2) is 24.3 Å². The Bertz CT molecular complexity index is 2110. The third kappa shape index (κ3) is 5.50. The number of urea groups is 1. The Morgan fingerprint density at radius 2 is 0.906 bits per heavy atom. The van der Waals surface area contributed by atoms with Crippen LogP contribution >= 0.6 is 11.6 Å². The van der Waals surface area contributed by atoms with Crippen molar-refractivity contribution in [2.45, 2.75) is 38.1 Å². The molecule has 0 atom stereocenters. The lowest BCUT2D eigenvalue weighted by Crippen LogP contribution is -2.81. The summed E-state index contributed by atoms with van der Waals surface area (Å²) < 4.78 is 234. The lowest BCUT2D eigenvalue weighted by molar-refractivity contribution is -0.483. The molecule has 53 heavy (non-hydrogen) atoms. The van der Waals surface area contributed by atoms with Gasteiger partial charge in [0.2, 0.25) is 5.82 Å². The molecule has 0 spiro atoms. The molecule has 21 heteroatoms. The fraction of sp³-hybridized carbons (Fsp3) is 0.188. The SMILES string of the molecule is O=C1N(c2ccc(Cl)cc2)[B-](c2c(F)c(F)c(F)c(F)c2F)(c2c(F)c(F)c(F)c(F)c2F)OC(c2c(F)c(F)c(F)c(F)c2F)=[N+]1C1CCCCC1. The fourth-order valence-electron chi connectivity index (χ4n) is 6.64. The summed E-state index contributed by atoms with van der Waals surface area (Å²) in [6.45, 7) is -5.93. The number of carbonyl (C=O) groups is 1. The van der Waals surface area contributed by atoms with Crippen molar-refractivity contribution < 1.29 is 79.9 Å². The summed E-state index contributed by atoms with van der Waals surface area (Å²) in [4.78, 5) is 14.5. The molecule has 4 nitrogen and oxygen atoms in total. The maximum absolute atomic E-state index is 16.1. The number of amides is 2. The van der Waals surface area contributed by atoms with Crippen LogP contribution in [0.3, 0.4) is 0 Å². The Labute approximate surface area is 291 Å². The second kappa shape index (κ2) is 13.5. The molecule has 2 amide bonds. The quantitative estimate of drug-likeness (QED) is 0.0669. The molecule has 0 bridgehead atoms. The van der Waals surface area contributed by atoms with Crippen LogP contribution in [0.25, 0.3) is 0 Å². The molecule has 4 aromatic carbocycles. The monoisotopic (exact) mass is 790 g/mol. The van der Waals surface area contributed by atoms with Crippen LogP contribution in [0.4, 0.5) is 76.3 Å². The zero-order valence-corrected chi connectivity index (χ0v) is 26.5. The van der Waals surface area contributed by atoms with E-state index in [4.69, 9.17) is 16.3 Å².